The second kappa shape index (κ2) is 11.6. The Balaban J connectivity index is 2.08. The van der Waals surface area contributed by atoms with E-state index in [4.69, 9.17) is 9.47 Å². The number of amides is 2. The van der Waals surface area contributed by atoms with Crippen molar-refractivity contribution in [1.82, 2.24) is 10.7 Å². The standard InChI is InChI=1S/C20H21Br2N3O4/c1-3-29-20(27)24-17(11-13-7-5-4-6-8-13)19(26)25-23-12-14-9-15(21)18(28-2)16(22)10-14/h4-10,12,17H,3,11H2,1-2H3,(H,24,27)(H,25,26)/b23-12-/t17-/m1/s1. The minimum atomic E-state index is -0.831. The van der Waals surface area contributed by atoms with Crippen LogP contribution in [0.1, 0.15) is 18.1 Å². The summed E-state index contributed by atoms with van der Waals surface area (Å²) in [6.07, 6.45) is 1.15. The van der Waals surface area contributed by atoms with Crippen molar-refractivity contribution in [1.29, 1.82) is 0 Å². The Labute approximate surface area is 186 Å². The van der Waals surface area contributed by atoms with Gasteiger partial charge < -0.3 is 14.8 Å². The molecule has 29 heavy (non-hydrogen) atoms. The van der Waals surface area contributed by atoms with E-state index in [1.807, 2.05) is 30.3 Å². The SMILES string of the molecule is CCOC(=O)N[C@H](Cc1ccccc1)C(=O)N/N=C\c1cc(Br)c(OC)c(Br)c1. The molecule has 0 fully saturated rings. The first-order valence-corrected chi connectivity index (χ1v) is 10.4. The van der Waals surface area contributed by atoms with Crippen LogP contribution in [0.25, 0.3) is 0 Å². The van der Waals surface area contributed by atoms with Crippen molar-refractivity contribution < 1.29 is 19.1 Å². The maximum Gasteiger partial charge on any atom is 0.407 e. The molecule has 2 amide bonds. The molecule has 0 aromatic heterocycles. The Morgan fingerprint density at radius 2 is 1.83 bits per heavy atom. The molecule has 2 rings (SSSR count). The first-order chi connectivity index (χ1) is 13.9. The first kappa shape index (κ1) is 22.9. The lowest BCUT2D eigenvalue weighted by Crippen LogP contribution is -2.47. The number of alkyl carbamates (subject to hydrolysis) is 1. The summed E-state index contributed by atoms with van der Waals surface area (Å²) in [5, 5.41) is 6.57. The van der Waals surface area contributed by atoms with Crippen molar-refractivity contribution in [3.05, 3.63) is 62.5 Å². The maximum absolute atomic E-state index is 12.6. The summed E-state index contributed by atoms with van der Waals surface area (Å²) < 4.78 is 11.6. The van der Waals surface area contributed by atoms with Gasteiger partial charge in [-0.25, -0.2) is 10.2 Å². The smallest absolute Gasteiger partial charge is 0.407 e. The fourth-order valence-electron chi connectivity index (χ4n) is 2.47. The van der Waals surface area contributed by atoms with Gasteiger partial charge in [0.2, 0.25) is 0 Å². The number of hydrazone groups is 1. The highest BCUT2D eigenvalue weighted by Crippen LogP contribution is 2.33. The van der Waals surface area contributed by atoms with Gasteiger partial charge in [-0.1, -0.05) is 30.3 Å². The van der Waals surface area contributed by atoms with Crippen molar-refractivity contribution >= 4 is 50.1 Å². The molecule has 0 spiro atoms. The molecular formula is C20H21Br2N3O4. The van der Waals surface area contributed by atoms with E-state index in [1.165, 1.54) is 6.21 Å². The largest absolute Gasteiger partial charge is 0.494 e. The highest BCUT2D eigenvalue weighted by Gasteiger charge is 2.21. The molecule has 2 aromatic carbocycles. The van der Waals surface area contributed by atoms with Crippen molar-refractivity contribution in [3.8, 4) is 5.75 Å². The van der Waals surface area contributed by atoms with Crippen LogP contribution in [-0.4, -0.2) is 38.0 Å². The lowest BCUT2D eigenvalue weighted by molar-refractivity contribution is -0.123. The maximum atomic E-state index is 12.6. The summed E-state index contributed by atoms with van der Waals surface area (Å²) in [7, 11) is 1.57. The van der Waals surface area contributed by atoms with E-state index in [2.05, 4.69) is 47.7 Å². The number of carbonyl (C=O) groups excluding carboxylic acids is 2. The zero-order chi connectivity index (χ0) is 21.2. The fraction of sp³-hybridized carbons (Fsp3) is 0.250. The summed E-state index contributed by atoms with van der Waals surface area (Å²) in [5.41, 5.74) is 4.10. The van der Waals surface area contributed by atoms with E-state index < -0.39 is 18.0 Å². The van der Waals surface area contributed by atoms with Gasteiger partial charge in [0.1, 0.15) is 11.8 Å². The Morgan fingerprint density at radius 1 is 1.17 bits per heavy atom. The highest BCUT2D eigenvalue weighted by atomic mass is 79.9. The van der Waals surface area contributed by atoms with Crippen molar-refractivity contribution in [2.45, 2.75) is 19.4 Å². The normalized spacial score (nSPS) is 11.7. The predicted octanol–water partition coefficient (Wildman–Crippen LogP) is 4.03. The minimum Gasteiger partial charge on any atom is -0.494 e. The number of carbonyl (C=O) groups is 2. The van der Waals surface area contributed by atoms with Crippen LogP contribution in [0.3, 0.4) is 0 Å². The molecule has 0 radical (unpaired) electrons. The number of halogens is 2. The summed E-state index contributed by atoms with van der Waals surface area (Å²) >= 11 is 6.83. The van der Waals surface area contributed by atoms with Gasteiger partial charge in [0.15, 0.2) is 0 Å². The average Bonchev–Trinajstić information content (AvgIpc) is 2.68. The monoisotopic (exact) mass is 525 g/mol. The van der Waals surface area contributed by atoms with Crippen molar-refractivity contribution in [2.75, 3.05) is 13.7 Å². The van der Waals surface area contributed by atoms with E-state index in [0.717, 1.165) is 20.1 Å². The van der Waals surface area contributed by atoms with E-state index in [0.29, 0.717) is 12.2 Å². The molecule has 154 valence electrons. The van der Waals surface area contributed by atoms with Gasteiger partial charge in [-0.3, -0.25) is 4.79 Å². The number of benzene rings is 2. The van der Waals surface area contributed by atoms with Crippen molar-refractivity contribution in [2.24, 2.45) is 5.10 Å². The van der Waals surface area contributed by atoms with Gasteiger partial charge in [-0.2, -0.15) is 5.10 Å². The van der Waals surface area contributed by atoms with Crippen LogP contribution in [0.15, 0.2) is 56.5 Å². The number of rotatable bonds is 8. The molecule has 9 heteroatoms. The molecule has 0 heterocycles. The van der Waals surface area contributed by atoms with E-state index >= 15 is 0 Å². The number of hydrogen-bond donors (Lipinski definition) is 2. The molecule has 0 unspecified atom stereocenters. The zero-order valence-electron chi connectivity index (χ0n) is 15.9. The molecule has 2 N–H and O–H groups in total. The second-order valence-corrected chi connectivity index (χ2v) is 7.57. The summed E-state index contributed by atoms with van der Waals surface area (Å²) in [5.74, 6) is 0.206. The summed E-state index contributed by atoms with van der Waals surface area (Å²) in [6.45, 7) is 1.91. The van der Waals surface area contributed by atoms with Gasteiger partial charge in [0, 0.05) is 6.42 Å². The van der Waals surface area contributed by atoms with Gasteiger partial charge in [0.05, 0.1) is 28.9 Å². The fourth-order valence-corrected chi connectivity index (χ4v) is 4.02. The topological polar surface area (TPSA) is 89.0 Å². The lowest BCUT2D eigenvalue weighted by atomic mass is 10.1. The van der Waals surface area contributed by atoms with Crippen LogP contribution in [0.4, 0.5) is 4.79 Å². The molecule has 0 aliphatic carbocycles. The first-order valence-electron chi connectivity index (χ1n) is 8.77. The number of hydrogen-bond acceptors (Lipinski definition) is 5. The van der Waals surface area contributed by atoms with Gasteiger partial charge >= 0.3 is 6.09 Å². The zero-order valence-corrected chi connectivity index (χ0v) is 19.1. The van der Waals surface area contributed by atoms with Gasteiger partial charge in [-0.05, 0) is 62.0 Å². The highest BCUT2D eigenvalue weighted by molar-refractivity contribution is 9.11. The van der Waals surface area contributed by atoms with Crippen molar-refractivity contribution in [3.63, 3.8) is 0 Å². The summed E-state index contributed by atoms with van der Waals surface area (Å²) in [4.78, 5) is 24.4. The van der Waals surface area contributed by atoms with Gasteiger partial charge in [-0.15, -0.1) is 0 Å². The Hall–Kier alpha value is -2.39. The van der Waals surface area contributed by atoms with E-state index in [-0.39, 0.29) is 6.61 Å². The molecule has 0 aliphatic heterocycles. The van der Waals surface area contributed by atoms with Crippen LogP contribution in [-0.2, 0) is 16.0 Å². The average molecular weight is 527 g/mol. The molecule has 7 nitrogen and oxygen atoms in total. The predicted molar refractivity (Wildman–Crippen MR) is 118 cm³/mol. The van der Waals surface area contributed by atoms with E-state index in [1.54, 1.807) is 26.2 Å². The summed E-state index contributed by atoms with van der Waals surface area (Å²) in [6, 6.07) is 12.1. The van der Waals surface area contributed by atoms with E-state index in [9.17, 15) is 9.59 Å². The third-order valence-corrected chi connectivity index (χ3v) is 4.96. The number of nitrogens with zero attached hydrogens (tertiary/aromatic N) is 1. The molecule has 1 atom stereocenters. The van der Waals surface area contributed by atoms with Crippen LogP contribution >= 0.6 is 31.9 Å². The lowest BCUT2D eigenvalue weighted by Gasteiger charge is -2.16. The Morgan fingerprint density at radius 3 is 2.41 bits per heavy atom. The molecule has 0 aliphatic rings. The number of nitrogens with one attached hydrogen (secondary N) is 2. The van der Waals surface area contributed by atoms with Crippen LogP contribution in [0.2, 0.25) is 0 Å². The Bertz CT molecular complexity index is 852. The van der Waals surface area contributed by atoms with Crippen LogP contribution in [0.5, 0.6) is 5.75 Å². The van der Waals surface area contributed by atoms with Crippen LogP contribution in [0, 0.1) is 0 Å². The molecule has 2 aromatic rings. The number of methoxy groups -OCH3 is 1. The number of ether oxygens (including phenoxy) is 2. The molecule has 0 bridgehead atoms. The van der Waals surface area contributed by atoms with Crippen LogP contribution < -0.4 is 15.5 Å². The third-order valence-electron chi connectivity index (χ3n) is 3.78. The van der Waals surface area contributed by atoms with Gasteiger partial charge in [0.25, 0.3) is 5.91 Å². The molecule has 0 saturated heterocycles. The molecule has 0 saturated carbocycles. The quantitative estimate of drug-likeness (QED) is 0.401. The minimum absolute atomic E-state index is 0.213. The molecular weight excluding hydrogens is 506 g/mol. The second-order valence-electron chi connectivity index (χ2n) is 5.86. The third kappa shape index (κ3) is 7.17. The Kier molecular flexibility index (Phi) is 9.14.